The molecule has 136 valence electrons. The van der Waals surface area contributed by atoms with E-state index in [0.29, 0.717) is 0 Å². The molecular weight excluding hydrogens is 356 g/mol. The Bertz CT molecular complexity index is 562. The lowest BCUT2D eigenvalue weighted by molar-refractivity contribution is -0.124. The van der Waals surface area contributed by atoms with Crippen molar-refractivity contribution < 1.29 is 13.9 Å². The van der Waals surface area contributed by atoms with Crippen molar-refractivity contribution in [3.8, 4) is 0 Å². The number of rotatable bonds is 6. The first-order valence-corrected chi connectivity index (χ1v) is 8.09. The maximum absolute atomic E-state index is 13.8. The van der Waals surface area contributed by atoms with Crippen LogP contribution in [0.2, 0.25) is 5.02 Å². The number of carbonyl (C=O) groups is 1. The van der Waals surface area contributed by atoms with Crippen LogP contribution in [0.15, 0.2) is 18.2 Å². The molecule has 0 radical (unpaired) electrons. The molecule has 1 aromatic carbocycles. The highest BCUT2D eigenvalue weighted by atomic mass is 35.5. The lowest BCUT2D eigenvalue weighted by Gasteiger charge is -2.29. The van der Waals surface area contributed by atoms with Crippen LogP contribution in [0, 0.1) is 5.82 Å². The summed E-state index contributed by atoms with van der Waals surface area (Å²) in [6, 6.07) is 3.87. The van der Waals surface area contributed by atoms with Gasteiger partial charge < -0.3 is 15.8 Å². The van der Waals surface area contributed by atoms with Crippen molar-refractivity contribution in [2.24, 2.45) is 5.73 Å². The number of likely N-dealkylation sites (N-methyl/N-ethyl adjacent to an activating group) is 1. The summed E-state index contributed by atoms with van der Waals surface area (Å²) in [5.41, 5.74) is 6.58. The standard InChI is InChI=1S/C16H23ClFN3O2.ClH/c1-3-21-7-6-14(20-16(22)13(19)9-23-2)15(21)10-4-5-11(17)12(18)8-10;/h4-5,8,13-15H,3,6-7,9,19H2,1-2H3,(H,20,22);1H. The number of nitrogens with one attached hydrogen (secondary N) is 1. The average molecular weight is 380 g/mol. The molecule has 5 nitrogen and oxygen atoms in total. The molecule has 2 rings (SSSR count). The summed E-state index contributed by atoms with van der Waals surface area (Å²) < 4.78 is 18.7. The van der Waals surface area contributed by atoms with Crippen LogP contribution >= 0.6 is 24.0 Å². The van der Waals surface area contributed by atoms with Gasteiger partial charge in [0.05, 0.1) is 17.7 Å². The minimum Gasteiger partial charge on any atom is -0.383 e. The summed E-state index contributed by atoms with van der Waals surface area (Å²) in [4.78, 5) is 14.4. The van der Waals surface area contributed by atoms with E-state index in [4.69, 9.17) is 22.1 Å². The Morgan fingerprint density at radius 2 is 2.29 bits per heavy atom. The van der Waals surface area contributed by atoms with Crippen LogP contribution in [0.5, 0.6) is 0 Å². The Hall–Kier alpha value is -0.920. The topological polar surface area (TPSA) is 67.6 Å². The van der Waals surface area contributed by atoms with Gasteiger partial charge in [-0.15, -0.1) is 12.4 Å². The number of halogens is 3. The van der Waals surface area contributed by atoms with Crippen LogP contribution in [0.4, 0.5) is 4.39 Å². The van der Waals surface area contributed by atoms with Crippen molar-refractivity contribution in [3.63, 3.8) is 0 Å². The van der Waals surface area contributed by atoms with Gasteiger partial charge >= 0.3 is 0 Å². The van der Waals surface area contributed by atoms with Crippen LogP contribution in [0.25, 0.3) is 0 Å². The summed E-state index contributed by atoms with van der Waals surface area (Å²) in [6.07, 6.45) is 0.786. The molecule has 0 aliphatic carbocycles. The lowest BCUT2D eigenvalue weighted by atomic mass is 9.99. The van der Waals surface area contributed by atoms with Gasteiger partial charge in [-0.05, 0) is 30.7 Å². The summed E-state index contributed by atoms with van der Waals surface area (Å²) in [6.45, 7) is 3.84. The summed E-state index contributed by atoms with van der Waals surface area (Å²) in [5.74, 6) is -0.706. The van der Waals surface area contributed by atoms with Crippen molar-refractivity contribution in [2.45, 2.75) is 31.5 Å². The predicted molar refractivity (Wildman–Crippen MR) is 95.0 cm³/mol. The zero-order valence-corrected chi connectivity index (χ0v) is 15.4. The molecule has 1 aromatic rings. The SMILES string of the molecule is CCN1CCC(NC(=O)C(N)COC)C1c1ccc(Cl)c(F)c1.Cl. The highest BCUT2D eigenvalue weighted by molar-refractivity contribution is 6.30. The minimum absolute atomic E-state index is 0. The molecule has 3 atom stereocenters. The van der Waals surface area contributed by atoms with E-state index in [9.17, 15) is 9.18 Å². The van der Waals surface area contributed by atoms with Gasteiger partial charge in [0.2, 0.25) is 5.91 Å². The predicted octanol–water partition coefficient (Wildman–Crippen LogP) is 2.13. The third-order valence-corrected chi connectivity index (χ3v) is 4.51. The third-order valence-electron chi connectivity index (χ3n) is 4.20. The number of hydrogen-bond acceptors (Lipinski definition) is 4. The molecule has 1 heterocycles. The summed E-state index contributed by atoms with van der Waals surface area (Å²) in [7, 11) is 1.50. The molecular formula is C16H24Cl2FN3O2. The van der Waals surface area contributed by atoms with Gasteiger partial charge in [0.1, 0.15) is 11.9 Å². The minimum atomic E-state index is -0.710. The van der Waals surface area contributed by atoms with E-state index in [0.717, 1.165) is 25.1 Å². The average Bonchev–Trinajstić information content (AvgIpc) is 2.93. The zero-order valence-electron chi connectivity index (χ0n) is 13.8. The second kappa shape index (κ2) is 9.53. The molecule has 1 amide bonds. The number of ether oxygens (including phenoxy) is 1. The van der Waals surface area contributed by atoms with Gasteiger partial charge in [-0.2, -0.15) is 0 Å². The van der Waals surface area contributed by atoms with Crippen LogP contribution in [-0.4, -0.2) is 49.7 Å². The molecule has 0 aromatic heterocycles. The van der Waals surface area contributed by atoms with Crippen molar-refractivity contribution in [1.29, 1.82) is 0 Å². The van der Waals surface area contributed by atoms with Crippen molar-refractivity contribution in [3.05, 3.63) is 34.6 Å². The third kappa shape index (κ3) is 4.80. The second-order valence-corrected chi connectivity index (χ2v) is 6.12. The zero-order chi connectivity index (χ0) is 17.0. The molecule has 0 bridgehead atoms. The van der Waals surface area contributed by atoms with E-state index in [1.165, 1.54) is 13.2 Å². The molecule has 1 fully saturated rings. The van der Waals surface area contributed by atoms with E-state index < -0.39 is 11.9 Å². The molecule has 3 unspecified atom stereocenters. The van der Waals surface area contributed by atoms with E-state index in [1.807, 2.05) is 6.92 Å². The maximum Gasteiger partial charge on any atom is 0.239 e. The monoisotopic (exact) mass is 379 g/mol. The second-order valence-electron chi connectivity index (χ2n) is 5.71. The van der Waals surface area contributed by atoms with Gasteiger partial charge in [0.15, 0.2) is 0 Å². The van der Waals surface area contributed by atoms with E-state index in [2.05, 4.69) is 10.2 Å². The fourth-order valence-electron chi connectivity index (χ4n) is 3.05. The Labute approximate surface area is 153 Å². The first kappa shape index (κ1) is 21.1. The lowest BCUT2D eigenvalue weighted by Crippen LogP contribution is -2.49. The van der Waals surface area contributed by atoms with Crippen molar-refractivity contribution >= 4 is 29.9 Å². The molecule has 0 saturated carbocycles. The number of nitrogens with zero attached hydrogens (tertiary/aromatic N) is 1. The molecule has 8 heteroatoms. The highest BCUT2D eigenvalue weighted by Gasteiger charge is 2.36. The molecule has 1 aliphatic heterocycles. The largest absolute Gasteiger partial charge is 0.383 e. The molecule has 1 aliphatic rings. The van der Waals surface area contributed by atoms with Crippen LogP contribution in [-0.2, 0) is 9.53 Å². The Morgan fingerprint density at radius 1 is 1.58 bits per heavy atom. The van der Waals surface area contributed by atoms with E-state index in [-0.39, 0.29) is 42.0 Å². The molecule has 0 spiro atoms. The smallest absolute Gasteiger partial charge is 0.239 e. The number of likely N-dealkylation sites (tertiary alicyclic amines) is 1. The van der Waals surface area contributed by atoms with Gasteiger partial charge in [0.25, 0.3) is 0 Å². The fourth-order valence-corrected chi connectivity index (χ4v) is 3.16. The van der Waals surface area contributed by atoms with Crippen molar-refractivity contribution in [2.75, 3.05) is 26.8 Å². The normalized spacial score (nSPS) is 22.0. The quantitative estimate of drug-likeness (QED) is 0.794. The van der Waals surface area contributed by atoms with Gasteiger partial charge in [-0.3, -0.25) is 9.69 Å². The number of amides is 1. The van der Waals surface area contributed by atoms with Gasteiger partial charge in [0, 0.05) is 19.7 Å². The Morgan fingerprint density at radius 3 is 2.88 bits per heavy atom. The first-order chi connectivity index (χ1) is 11.0. The number of methoxy groups -OCH3 is 1. The number of nitrogens with two attached hydrogens (primary N) is 1. The van der Waals surface area contributed by atoms with Gasteiger partial charge in [-0.25, -0.2) is 4.39 Å². The van der Waals surface area contributed by atoms with Crippen LogP contribution < -0.4 is 11.1 Å². The first-order valence-electron chi connectivity index (χ1n) is 7.71. The Balaban J connectivity index is 0.00000288. The van der Waals surface area contributed by atoms with E-state index in [1.54, 1.807) is 12.1 Å². The summed E-state index contributed by atoms with van der Waals surface area (Å²) in [5, 5.41) is 3.06. The number of hydrogen-bond donors (Lipinski definition) is 2. The molecule has 3 N–H and O–H groups in total. The molecule has 1 saturated heterocycles. The number of carbonyl (C=O) groups excluding carboxylic acids is 1. The van der Waals surface area contributed by atoms with Gasteiger partial charge in [-0.1, -0.05) is 24.6 Å². The maximum atomic E-state index is 13.8. The van der Waals surface area contributed by atoms with Crippen LogP contribution in [0.3, 0.4) is 0 Å². The molecule has 24 heavy (non-hydrogen) atoms. The van der Waals surface area contributed by atoms with Crippen LogP contribution in [0.1, 0.15) is 24.9 Å². The van der Waals surface area contributed by atoms with Crippen molar-refractivity contribution in [1.82, 2.24) is 10.2 Å². The highest BCUT2D eigenvalue weighted by Crippen LogP contribution is 2.33. The fraction of sp³-hybridized carbons (Fsp3) is 0.562. The summed E-state index contributed by atoms with van der Waals surface area (Å²) >= 11 is 5.77. The number of benzene rings is 1. The Kier molecular flexibility index (Phi) is 8.39. The van der Waals surface area contributed by atoms with E-state index >= 15 is 0 Å².